The standard InChI is InChI=1S/C29H30N4O2S3/c1-5-11-32-17(7-3)13-25-20(32)14-23(36-25)18-9-10-19(28-27(18)30-38-31-28)24-15-21-26(37-24)16-22(29(34)35-8-4)33(21)12-6-2/h9-10,13-16H,5-8,11-12H2,1-4H3. The predicted molar refractivity (Wildman–Crippen MR) is 161 cm³/mol. The van der Waals surface area contributed by atoms with Crippen molar-refractivity contribution in [2.24, 2.45) is 0 Å². The van der Waals surface area contributed by atoms with Crippen LogP contribution in [-0.4, -0.2) is 30.5 Å². The van der Waals surface area contributed by atoms with Gasteiger partial charge >= 0.3 is 5.97 Å². The Kier molecular flexibility index (Phi) is 6.84. The Morgan fingerprint density at radius 2 is 1.39 bits per heavy atom. The largest absolute Gasteiger partial charge is 0.461 e. The van der Waals surface area contributed by atoms with E-state index in [0.717, 1.165) is 69.6 Å². The zero-order chi connectivity index (χ0) is 26.4. The Hall–Kier alpha value is -3.01. The Labute approximate surface area is 233 Å². The van der Waals surface area contributed by atoms with Crippen molar-refractivity contribution in [3.05, 3.63) is 47.8 Å². The molecule has 1 aromatic carbocycles. The summed E-state index contributed by atoms with van der Waals surface area (Å²) >= 11 is 4.80. The minimum atomic E-state index is -0.261. The van der Waals surface area contributed by atoms with Crippen LogP contribution in [0.4, 0.5) is 0 Å². The van der Waals surface area contributed by atoms with Gasteiger partial charge in [-0.25, -0.2) is 4.79 Å². The maximum absolute atomic E-state index is 12.6. The molecule has 6 nitrogen and oxygen atoms in total. The molecule has 38 heavy (non-hydrogen) atoms. The summed E-state index contributed by atoms with van der Waals surface area (Å²) in [5.74, 6) is -0.261. The van der Waals surface area contributed by atoms with E-state index in [0.29, 0.717) is 12.3 Å². The monoisotopic (exact) mass is 562 g/mol. The molecule has 0 radical (unpaired) electrons. The van der Waals surface area contributed by atoms with Crippen LogP contribution in [-0.2, 0) is 24.2 Å². The third-order valence-electron chi connectivity index (χ3n) is 6.95. The third-order valence-corrected chi connectivity index (χ3v) is 9.69. The van der Waals surface area contributed by atoms with Crippen LogP contribution in [0.1, 0.15) is 56.7 Å². The molecule has 9 heteroatoms. The molecule has 196 valence electrons. The van der Waals surface area contributed by atoms with E-state index in [9.17, 15) is 4.79 Å². The molecule has 0 amide bonds. The molecule has 0 fully saturated rings. The second kappa shape index (κ2) is 10.3. The normalized spacial score (nSPS) is 11.9. The van der Waals surface area contributed by atoms with Crippen molar-refractivity contribution in [2.75, 3.05) is 6.61 Å². The first kappa shape index (κ1) is 25.3. The highest BCUT2D eigenvalue weighted by Gasteiger charge is 2.22. The van der Waals surface area contributed by atoms with Crippen molar-refractivity contribution >= 4 is 71.8 Å². The maximum atomic E-state index is 12.6. The molecule has 0 aliphatic heterocycles. The molecule has 0 saturated heterocycles. The molecule has 0 aliphatic rings. The fourth-order valence-electron chi connectivity index (χ4n) is 5.28. The Balaban J connectivity index is 1.43. The van der Waals surface area contributed by atoms with Crippen molar-refractivity contribution in [3.63, 3.8) is 0 Å². The fourth-order valence-corrected chi connectivity index (χ4v) is 8.14. The minimum Gasteiger partial charge on any atom is -0.461 e. The van der Waals surface area contributed by atoms with Crippen LogP contribution in [0.15, 0.2) is 36.4 Å². The van der Waals surface area contributed by atoms with Gasteiger partial charge in [-0.15, -0.1) is 22.7 Å². The topological polar surface area (TPSA) is 61.9 Å². The first-order valence-electron chi connectivity index (χ1n) is 13.3. The number of nitrogens with zero attached hydrogens (tertiary/aromatic N) is 4. The minimum absolute atomic E-state index is 0.261. The third kappa shape index (κ3) is 4.08. The number of fused-ring (bicyclic) bond motifs is 3. The van der Waals surface area contributed by atoms with Gasteiger partial charge in [-0.1, -0.05) is 32.9 Å². The van der Waals surface area contributed by atoms with Gasteiger partial charge in [0.15, 0.2) is 0 Å². The number of carbonyl (C=O) groups is 1. The number of aromatic nitrogens is 4. The quantitative estimate of drug-likeness (QED) is 0.166. The number of thiophene rings is 2. The van der Waals surface area contributed by atoms with Crippen molar-refractivity contribution in [2.45, 2.75) is 60.0 Å². The van der Waals surface area contributed by atoms with E-state index in [2.05, 4.69) is 60.2 Å². The maximum Gasteiger partial charge on any atom is 0.355 e. The summed E-state index contributed by atoms with van der Waals surface area (Å²) < 4.78 is 21.8. The second-order valence-electron chi connectivity index (χ2n) is 9.38. The zero-order valence-corrected chi connectivity index (χ0v) is 24.5. The number of hydrogen-bond donors (Lipinski definition) is 0. The van der Waals surface area contributed by atoms with Crippen LogP contribution in [0.25, 0.3) is 52.3 Å². The van der Waals surface area contributed by atoms with Crippen LogP contribution in [0.5, 0.6) is 0 Å². The number of hydrogen-bond acceptors (Lipinski definition) is 7. The Morgan fingerprint density at radius 3 is 1.97 bits per heavy atom. The van der Waals surface area contributed by atoms with Crippen LogP contribution in [0.2, 0.25) is 0 Å². The molecule has 0 atom stereocenters. The van der Waals surface area contributed by atoms with Crippen molar-refractivity contribution in [3.8, 4) is 20.9 Å². The average molecular weight is 563 g/mol. The summed E-state index contributed by atoms with van der Waals surface area (Å²) in [6.45, 7) is 10.6. The fraction of sp³-hybridized carbons (Fsp3) is 0.345. The molecule has 5 aromatic heterocycles. The molecule has 0 aliphatic carbocycles. The van der Waals surface area contributed by atoms with Crippen molar-refractivity contribution in [1.82, 2.24) is 17.9 Å². The Morgan fingerprint density at radius 1 is 0.816 bits per heavy atom. The summed E-state index contributed by atoms with van der Waals surface area (Å²) in [5.41, 5.74) is 8.53. The molecule has 0 N–H and O–H groups in total. The van der Waals surface area contributed by atoms with E-state index >= 15 is 0 Å². The van der Waals surface area contributed by atoms with Gasteiger partial charge in [-0.3, -0.25) is 0 Å². The van der Waals surface area contributed by atoms with Gasteiger partial charge < -0.3 is 13.9 Å². The molecule has 0 spiro atoms. The van der Waals surface area contributed by atoms with Crippen LogP contribution in [0.3, 0.4) is 0 Å². The smallest absolute Gasteiger partial charge is 0.355 e. The van der Waals surface area contributed by atoms with E-state index in [-0.39, 0.29) is 5.97 Å². The van der Waals surface area contributed by atoms with Gasteiger partial charge in [0.1, 0.15) is 16.7 Å². The summed E-state index contributed by atoms with van der Waals surface area (Å²) in [5, 5.41) is 0. The van der Waals surface area contributed by atoms with Gasteiger partial charge in [0.2, 0.25) is 0 Å². The van der Waals surface area contributed by atoms with Gasteiger partial charge in [0, 0.05) is 39.7 Å². The summed E-state index contributed by atoms with van der Waals surface area (Å²) in [6, 6.07) is 13.2. The molecular weight excluding hydrogens is 533 g/mol. The van der Waals surface area contributed by atoms with Gasteiger partial charge in [0.05, 0.1) is 38.8 Å². The zero-order valence-electron chi connectivity index (χ0n) is 22.0. The van der Waals surface area contributed by atoms with E-state index in [4.69, 9.17) is 13.5 Å². The first-order valence-corrected chi connectivity index (χ1v) is 15.6. The average Bonchev–Trinajstić information content (AvgIpc) is 3.72. The van der Waals surface area contributed by atoms with Gasteiger partial charge in [0.25, 0.3) is 0 Å². The lowest BCUT2D eigenvalue weighted by molar-refractivity contribution is 0.0514. The van der Waals surface area contributed by atoms with Crippen LogP contribution in [0, 0.1) is 0 Å². The number of carbonyl (C=O) groups excluding carboxylic acids is 1. The van der Waals surface area contributed by atoms with Crippen molar-refractivity contribution < 1.29 is 9.53 Å². The van der Waals surface area contributed by atoms with E-state index < -0.39 is 0 Å². The SMILES string of the molecule is CCCn1c(CC)cc2sc(-c3ccc(-c4cc5c(cc(C(=O)OCC)n5CCC)s4)c4nsnc34)cc21. The molecule has 0 saturated carbocycles. The molecule has 6 rings (SSSR count). The lowest BCUT2D eigenvalue weighted by Crippen LogP contribution is -2.12. The van der Waals surface area contributed by atoms with Crippen molar-refractivity contribution in [1.29, 1.82) is 0 Å². The summed E-state index contributed by atoms with van der Waals surface area (Å²) in [7, 11) is 0. The number of rotatable bonds is 9. The van der Waals surface area contributed by atoms with Crippen LogP contribution < -0.4 is 0 Å². The highest BCUT2D eigenvalue weighted by Crippen LogP contribution is 2.43. The predicted octanol–water partition coefficient (Wildman–Crippen LogP) is 8.62. The lowest BCUT2D eigenvalue weighted by Gasteiger charge is -2.08. The number of esters is 1. The molecule has 0 unspecified atom stereocenters. The van der Waals surface area contributed by atoms with Crippen LogP contribution >= 0.6 is 34.4 Å². The second-order valence-corrected chi connectivity index (χ2v) is 12.1. The molecule has 6 aromatic rings. The molecular formula is C29H30N4O2S3. The first-order chi connectivity index (χ1) is 18.6. The number of benzene rings is 1. The van der Waals surface area contributed by atoms with Gasteiger partial charge in [-0.2, -0.15) is 8.75 Å². The van der Waals surface area contributed by atoms with E-state index in [1.807, 2.05) is 24.3 Å². The van der Waals surface area contributed by atoms with E-state index in [1.54, 1.807) is 11.3 Å². The molecule has 5 heterocycles. The van der Waals surface area contributed by atoms with Gasteiger partial charge in [-0.05, 0) is 50.5 Å². The molecule has 0 bridgehead atoms. The number of aryl methyl sites for hydroxylation is 3. The highest BCUT2D eigenvalue weighted by molar-refractivity contribution is 7.22. The highest BCUT2D eigenvalue weighted by atomic mass is 32.1. The number of ether oxygens (including phenoxy) is 1. The lowest BCUT2D eigenvalue weighted by atomic mass is 10.1. The summed E-state index contributed by atoms with van der Waals surface area (Å²) in [4.78, 5) is 14.9. The summed E-state index contributed by atoms with van der Waals surface area (Å²) in [6.07, 6.45) is 3.10. The van der Waals surface area contributed by atoms with E-state index in [1.165, 1.54) is 32.5 Å². The Bertz CT molecular complexity index is 1780.